The molecule has 0 spiro atoms. The highest BCUT2D eigenvalue weighted by Crippen LogP contribution is 2.01. The molecule has 0 unspecified atom stereocenters. The zero-order chi connectivity index (χ0) is 8.15. The zero-order valence-corrected chi connectivity index (χ0v) is 6.96. The Morgan fingerprint density at radius 1 is 1.30 bits per heavy atom. The van der Waals surface area contributed by atoms with Gasteiger partial charge in [0.05, 0.1) is 6.10 Å². The Balaban J connectivity index is 3.86. The van der Waals surface area contributed by atoms with Gasteiger partial charge in [-0.2, -0.15) is 0 Å². The summed E-state index contributed by atoms with van der Waals surface area (Å²) in [7, 11) is 0. The molecule has 0 aliphatic carbocycles. The van der Waals surface area contributed by atoms with Crippen molar-refractivity contribution >= 4 is 5.90 Å². The molecule has 0 atom stereocenters. The number of oxime groups is 1. The molecular formula is C7H15NO2. The van der Waals surface area contributed by atoms with E-state index in [-0.39, 0.29) is 12.0 Å². The van der Waals surface area contributed by atoms with Gasteiger partial charge in [-0.25, -0.2) is 0 Å². The van der Waals surface area contributed by atoms with Crippen LogP contribution in [0, 0.1) is 5.92 Å². The Bertz CT molecular complexity index is 119. The molecule has 0 aromatic heterocycles. The molecule has 0 aromatic rings. The van der Waals surface area contributed by atoms with E-state index < -0.39 is 0 Å². The van der Waals surface area contributed by atoms with Gasteiger partial charge in [0.15, 0.2) is 0 Å². The van der Waals surface area contributed by atoms with Crippen LogP contribution < -0.4 is 0 Å². The molecule has 0 rings (SSSR count). The monoisotopic (exact) mass is 145 g/mol. The first kappa shape index (κ1) is 9.27. The SMILES string of the molecule is CC(C)O/C(=N/O)C(C)C. The average Bonchev–Trinajstić information content (AvgIpc) is 1.81. The van der Waals surface area contributed by atoms with Crippen LogP contribution in [0.5, 0.6) is 0 Å². The topological polar surface area (TPSA) is 41.8 Å². The van der Waals surface area contributed by atoms with Crippen molar-refractivity contribution in [2.45, 2.75) is 33.8 Å². The number of rotatable bonds is 2. The van der Waals surface area contributed by atoms with Gasteiger partial charge in [0.2, 0.25) is 5.90 Å². The molecule has 0 aliphatic rings. The smallest absolute Gasteiger partial charge is 0.228 e. The van der Waals surface area contributed by atoms with Gasteiger partial charge < -0.3 is 9.94 Å². The Morgan fingerprint density at radius 2 is 1.80 bits per heavy atom. The molecule has 0 heterocycles. The van der Waals surface area contributed by atoms with Crippen molar-refractivity contribution in [3.63, 3.8) is 0 Å². The maximum Gasteiger partial charge on any atom is 0.228 e. The number of hydrogen-bond donors (Lipinski definition) is 1. The summed E-state index contributed by atoms with van der Waals surface area (Å²) >= 11 is 0. The summed E-state index contributed by atoms with van der Waals surface area (Å²) in [6, 6.07) is 0. The Morgan fingerprint density at radius 3 is 1.90 bits per heavy atom. The first-order valence-electron chi connectivity index (χ1n) is 3.46. The molecule has 3 nitrogen and oxygen atoms in total. The predicted octanol–water partition coefficient (Wildman–Crippen LogP) is 1.86. The summed E-state index contributed by atoms with van der Waals surface area (Å²) in [4.78, 5) is 0. The Kier molecular flexibility index (Phi) is 3.84. The van der Waals surface area contributed by atoms with Crippen molar-refractivity contribution in [2.24, 2.45) is 11.1 Å². The maximum atomic E-state index is 8.41. The van der Waals surface area contributed by atoms with Crippen LogP contribution in [0.1, 0.15) is 27.7 Å². The minimum Gasteiger partial charge on any atom is -0.476 e. The highest BCUT2D eigenvalue weighted by atomic mass is 16.5. The van der Waals surface area contributed by atoms with Crippen LogP contribution in [0.25, 0.3) is 0 Å². The number of hydrogen-bond acceptors (Lipinski definition) is 3. The lowest BCUT2D eigenvalue weighted by atomic mass is 10.2. The molecule has 0 saturated heterocycles. The quantitative estimate of drug-likeness (QED) is 0.279. The first-order valence-corrected chi connectivity index (χ1v) is 3.46. The molecule has 0 saturated carbocycles. The average molecular weight is 145 g/mol. The van der Waals surface area contributed by atoms with E-state index in [2.05, 4.69) is 5.16 Å². The van der Waals surface area contributed by atoms with E-state index in [1.165, 1.54) is 0 Å². The molecule has 0 aromatic carbocycles. The second kappa shape index (κ2) is 4.14. The third-order valence-electron chi connectivity index (χ3n) is 0.949. The molecule has 0 amide bonds. The molecule has 1 N–H and O–H groups in total. The van der Waals surface area contributed by atoms with E-state index in [1.807, 2.05) is 27.7 Å². The van der Waals surface area contributed by atoms with Crippen LogP contribution in [0.2, 0.25) is 0 Å². The van der Waals surface area contributed by atoms with Crippen LogP contribution in [0.4, 0.5) is 0 Å². The van der Waals surface area contributed by atoms with Gasteiger partial charge in [0.25, 0.3) is 0 Å². The molecule has 60 valence electrons. The second-order valence-electron chi connectivity index (χ2n) is 2.76. The van der Waals surface area contributed by atoms with Gasteiger partial charge in [0, 0.05) is 5.92 Å². The van der Waals surface area contributed by atoms with Crippen LogP contribution in [-0.2, 0) is 4.74 Å². The molecule has 0 aliphatic heterocycles. The standard InChI is InChI=1S/C7H15NO2/c1-5(2)7(8-9)10-6(3)4/h5-6,9H,1-4H3/b8-7+. The largest absolute Gasteiger partial charge is 0.476 e. The summed E-state index contributed by atoms with van der Waals surface area (Å²) < 4.78 is 5.16. The summed E-state index contributed by atoms with van der Waals surface area (Å²) in [6.45, 7) is 7.62. The van der Waals surface area contributed by atoms with Crippen LogP contribution in [0.15, 0.2) is 5.16 Å². The summed E-state index contributed by atoms with van der Waals surface area (Å²) in [5.41, 5.74) is 0. The van der Waals surface area contributed by atoms with Crippen molar-refractivity contribution in [1.82, 2.24) is 0 Å². The molecule has 3 heteroatoms. The molecule has 0 radical (unpaired) electrons. The van der Waals surface area contributed by atoms with E-state index in [0.29, 0.717) is 5.90 Å². The van der Waals surface area contributed by atoms with Gasteiger partial charge in [-0.3, -0.25) is 0 Å². The van der Waals surface area contributed by atoms with Crippen molar-refractivity contribution in [3.05, 3.63) is 0 Å². The van der Waals surface area contributed by atoms with Gasteiger partial charge in [-0.15, -0.1) is 0 Å². The van der Waals surface area contributed by atoms with E-state index in [1.54, 1.807) is 0 Å². The van der Waals surface area contributed by atoms with Crippen molar-refractivity contribution in [2.75, 3.05) is 0 Å². The van der Waals surface area contributed by atoms with Crippen LogP contribution >= 0.6 is 0 Å². The summed E-state index contributed by atoms with van der Waals surface area (Å²) in [5.74, 6) is 0.544. The first-order chi connectivity index (χ1) is 4.57. The molecular weight excluding hydrogens is 130 g/mol. The number of ether oxygens (including phenoxy) is 1. The minimum atomic E-state index is 0.0771. The van der Waals surface area contributed by atoms with Crippen molar-refractivity contribution in [1.29, 1.82) is 0 Å². The highest BCUT2D eigenvalue weighted by Gasteiger charge is 2.07. The normalized spacial score (nSPS) is 12.8. The van der Waals surface area contributed by atoms with E-state index >= 15 is 0 Å². The van der Waals surface area contributed by atoms with Gasteiger partial charge in [-0.05, 0) is 13.8 Å². The maximum absolute atomic E-state index is 8.41. The fourth-order valence-corrected chi connectivity index (χ4v) is 0.517. The van der Waals surface area contributed by atoms with Crippen molar-refractivity contribution in [3.8, 4) is 0 Å². The Hall–Kier alpha value is -0.730. The fourth-order valence-electron chi connectivity index (χ4n) is 0.517. The van der Waals surface area contributed by atoms with Crippen LogP contribution in [0.3, 0.4) is 0 Å². The Labute approximate surface area is 61.7 Å². The van der Waals surface area contributed by atoms with Crippen LogP contribution in [-0.4, -0.2) is 17.2 Å². The van der Waals surface area contributed by atoms with Gasteiger partial charge in [0.1, 0.15) is 0 Å². The van der Waals surface area contributed by atoms with Gasteiger partial charge in [-0.1, -0.05) is 19.0 Å². The van der Waals surface area contributed by atoms with E-state index in [0.717, 1.165) is 0 Å². The van der Waals surface area contributed by atoms with E-state index in [4.69, 9.17) is 9.94 Å². The van der Waals surface area contributed by atoms with Gasteiger partial charge >= 0.3 is 0 Å². The lowest BCUT2D eigenvalue weighted by Crippen LogP contribution is -2.17. The number of nitrogens with zero attached hydrogens (tertiary/aromatic N) is 1. The lowest BCUT2D eigenvalue weighted by Gasteiger charge is -2.12. The summed E-state index contributed by atoms with van der Waals surface area (Å²) in [5, 5.41) is 11.4. The predicted molar refractivity (Wildman–Crippen MR) is 40.3 cm³/mol. The third-order valence-corrected chi connectivity index (χ3v) is 0.949. The lowest BCUT2D eigenvalue weighted by molar-refractivity contribution is 0.190. The molecule has 10 heavy (non-hydrogen) atoms. The molecule has 0 bridgehead atoms. The van der Waals surface area contributed by atoms with Crippen molar-refractivity contribution < 1.29 is 9.94 Å². The molecule has 0 fully saturated rings. The zero-order valence-electron chi connectivity index (χ0n) is 6.96. The third kappa shape index (κ3) is 3.33. The summed E-state index contributed by atoms with van der Waals surface area (Å²) in [6.07, 6.45) is 0.0771. The highest BCUT2D eigenvalue weighted by molar-refractivity contribution is 5.77. The fraction of sp³-hybridized carbons (Fsp3) is 0.857. The minimum absolute atomic E-state index is 0.0771. The van der Waals surface area contributed by atoms with E-state index in [9.17, 15) is 0 Å². The second-order valence-corrected chi connectivity index (χ2v) is 2.76.